The van der Waals surface area contributed by atoms with E-state index in [9.17, 15) is 10.1 Å². The summed E-state index contributed by atoms with van der Waals surface area (Å²) in [5, 5.41) is 12.9. The summed E-state index contributed by atoms with van der Waals surface area (Å²) in [6.45, 7) is 8.01. The van der Waals surface area contributed by atoms with Crippen molar-refractivity contribution in [3.8, 4) is 11.8 Å². The van der Waals surface area contributed by atoms with Gasteiger partial charge < -0.3 is 14.8 Å². The molecular weight excluding hydrogens is 398 g/mol. The lowest BCUT2D eigenvalue weighted by molar-refractivity contribution is 0.0503. The molecule has 3 aromatic rings. The molecule has 0 aliphatic heterocycles. The zero-order valence-electron chi connectivity index (χ0n) is 17.6. The molecule has 156 valence electrons. The molecule has 3 rings (SSSR count). The average Bonchev–Trinajstić information content (AvgIpc) is 3.10. The molecule has 0 radical (unpaired) electrons. The van der Waals surface area contributed by atoms with E-state index in [0.717, 1.165) is 26.5 Å². The van der Waals surface area contributed by atoms with Crippen molar-refractivity contribution in [2.75, 3.05) is 6.61 Å². The van der Waals surface area contributed by atoms with E-state index < -0.39 is 11.7 Å². The fraction of sp³-hybridized carbons (Fsp3) is 0.348. The highest BCUT2D eigenvalue weighted by Gasteiger charge is 2.23. The molecule has 0 saturated heterocycles. The number of thiazole rings is 1. The van der Waals surface area contributed by atoms with Crippen molar-refractivity contribution in [2.24, 2.45) is 0 Å². The Kier molecular flexibility index (Phi) is 6.58. The van der Waals surface area contributed by atoms with E-state index >= 15 is 0 Å². The van der Waals surface area contributed by atoms with E-state index in [4.69, 9.17) is 14.5 Å². The molecule has 0 bridgehead atoms. The molecule has 7 heteroatoms. The predicted molar refractivity (Wildman–Crippen MR) is 118 cm³/mol. The Morgan fingerprint density at radius 1 is 1.27 bits per heavy atom. The summed E-state index contributed by atoms with van der Waals surface area (Å²) < 4.78 is 12.0. The number of hydrogen-bond donors (Lipinski definition) is 1. The fourth-order valence-electron chi connectivity index (χ4n) is 2.98. The van der Waals surface area contributed by atoms with E-state index in [1.807, 2.05) is 64.1 Å². The van der Waals surface area contributed by atoms with Gasteiger partial charge in [-0.05, 0) is 70.0 Å². The summed E-state index contributed by atoms with van der Waals surface area (Å²) in [6, 6.07) is 14.9. The molecule has 6 nitrogen and oxygen atoms in total. The van der Waals surface area contributed by atoms with E-state index in [1.165, 1.54) is 11.3 Å². The molecule has 0 saturated carbocycles. The van der Waals surface area contributed by atoms with Gasteiger partial charge in [-0.15, -0.1) is 11.3 Å². The van der Waals surface area contributed by atoms with Crippen LogP contribution in [0.1, 0.15) is 49.9 Å². The minimum atomic E-state index is -0.602. The van der Waals surface area contributed by atoms with Crippen LogP contribution in [0.2, 0.25) is 0 Å². The number of ether oxygens (including phenoxy) is 2. The summed E-state index contributed by atoms with van der Waals surface area (Å²) in [5.41, 5.74) is 1.76. The Hall–Kier alpha value is -3.11. The molecule has 1 heterocycles. The van der Waals surface area contributed by atoms with Crippen LogP contribution in [-0.2, 0) is 11.2 Å². The van der Waals surface area contributed by atoms with E-state index in [0.29, 0.717) is 18.6 Å². The van der Waals surface area contributed by atoms with Crippen LogP contribution in [0.3, 0.4) is 0 Å². The first kappa shape index (κ1) is 21.6. The second-order valence-corrected chi connectivity index (χ2v) is 8.89. The fourth-order valence-corrected chi connectivity index (χ4v) is 4.03. The minimum Gasteiger partial charge on any atom is -0.494 e. The Labute approximate surface area is 180 Å². The second-order valence-electron chi connectivity index (χ2n) is 7.83. The molecule has 0 spiro atoms. The molecule has 30 heavy (non-hydrogen) atoms. The molecule has 1 unspecified atom stereocenters. The van der Waals surface area contributed by atoms with Gasteiger partial charge in [0.1, 0.15) is 16.4 Å². The van der Waals surface area contributed by atoms with Gasteiger partial charge in [-0.2, -0.15) is 5.26 Å². The Balaban J connectivity index is 1.92. The lowest BCUT2D eigenvalue weighted by Crippen LogP contribution is -2.35. The van der Waals surface area contributed by atoms with Crippen molar-refractivity contribution in [3.05, 3.63) is 58.6 Å². The first-order valence-electron chi connectivity index (χ1n) is 9.79. The number of benzene rings is 2. The van der Waals surface area contributed by atoms with Crippen LogP contribution in [0, 0.1) is 11.3 Å². The van der Waals surface area contributed by atoms with Crippen LogP contribution in [0.15, 0.2) is 42.5 Å². The van der Waals surface area contributed by atoms with E-state index in [1.54, 1.807) is 6.07 Å². The Bertz CT molecular complexity index is 1080. The molecule has 2 aromatic carbocycles. The van der Waals surface area contributed by atoms with E-state index in [2.05, 4.69) is 11.4 Å². The number of carbonyl (C=O) groups excluding carboxylic acids is 1. The first-order valence-corrected chi connectivity index (χ1v) is 10.6. The first-order chi connectivity index (χ1) is 14.3. The number of carbonyl (C=O) groups is 1. The van der Waals surface area contributed by atoms with Crippen LogP contribution in [0.4, 0.5) is 4.79 Å². The van der Waals surface area contributed by atoms with Crippen LogP contribution in [-0.4, -0.2) is 23.3 Å². The van der Waals surface area contributed by atoms with Crippen molar-refractivity contribution in [2.45, 2.75) is 45.8 Å². The zero-order valence-corrected chi connectivity index (χ0v) is 18.4. The summed E-state index contributed by atoms with van der Waals surface area (Å²) in [5.74, 6) is 0.790. The molecule has 0 fully saturated rings. The third kappa shape index (κ3) is 5.71. The number of nitrogens with one attached hydrogen (secondary N) is 1. The van der Waals surface area contributed by atoms with Crippen molar-refractivity contribution in [1.29, 1.82) is 5.26 Å². The number of fused-ring (bicyclic) bond motifs is 1. The van der Waals surface area contributed by atoms with Crippen molar-refractivity contribution in [3.63, 3.8) is 0 Å². The molecule has 1 aromatic heterocycles. The summed E-state index contributed by atoms with van der Waals surface area (Å²) >= 11 is 1.51. The number of amides is 1. The van der Waals surface area contributed by atoms with Crippen molar-refractivity contribution in [1.82, 2.24) is 10.3 Å². The van der Waals surface area contributed by atoms with Gasteiger partial charge >= 0.3 is 6.09 Å². The van der Waals surface area contributed by atoms with Crippen molar-refractivity contribution >= 4 is 27.6 Å². The maximum Gasteiger partial charge on any atom is 0.408 e. The highest BCUT2D eigenvalue weighted by molar-refractivity contribution is 7.18. The average molecular weight is 424 g/mol. The number of nitrogens with zero attached hydrogens (tertiary/aromatic N) is 2. The summed E-state index contributed by atoms with van der Waals surface area (Å²) in [6.07, 6.45) is -0.00871. The normalized spacial score (nSPS) is 12.2. The zero-order chi connectivity index (χ0) is 21.7. The smallest absolute Gasteiger partial charge is 0.408 e. The van der Waals surface area contributed by atoms with Gasteiger partial charge in [0.25, 0.3) is 0 Å². The SMILES string of the molecule is CCOc1ccc2nc(C(Cc3cccc(C#N)c3)NC(=O)OC(C)(C)C)sc2c1. The Morgan fingerprint density at radius 2 is 2.07 bits per heavy atom. The van der Waals surface area contributed by atoms with Crippen LogP contribution in [0.25, 0.3) is 10.2 Å². The predicted octanol–water partition coefficient (Wildman–Crippen LogP) is 5.38. The number of aromatic nitrogens is 1. The molecule has 0 aliphatic carbocycles. The largest absolute Gasteiger partial charge is 0.494 e. The maximum absolute atomic E-state index is 12.5. The quantitative estimate of drug-likeness (QED) is 0.576. The summed E-state index contributed by atoms with van der Waals surface area (Å²) in [4.78, 5) is 17.2. The minimum absolute atomic E-state index is 0.387. The molecule has 0 aliphatic rings. The number of alkyl carbamates (subject to hydrolysis) is 1. The number of nitriles is 1. The second kappa shape index (κ2) is 9.14. The van der Waals surface area contributed by atoms with Gasteiger partial charge in [0.2, 0.25) is 0 Å². The van der Waals surface area contributed by atoms with Gasteiger partial charge in [-0.25, -0.2) is 9.78 Å². The Morgan fingerprint density at radius 3 is 2.77 bits per heavy atom. The lowest BCUT2D eigenvalue weighted by Gasteiger charge is -2.23. The summed E-state index contributed by atoms with van der Waals surface area (Å²) in [7, 11) is 0. The van der Waals surface area contributed by atoms with Crippen LogP contribution < -0.4 is 10.1 Å². The number of rotatable bonds is 6. The van der Waals surface area contributed by atoms with Crippen LogP contribution in [0.5, 0.6) is 5.75 Å². The van der Waals surface area contributed by atoms with Gasteiger partial charge in [-0.3, -0.25) is 0 Å². The standard InChI is InChI=1S/C23H25N3O3S/c1-5-28-17-9-10-18-20(13-17)30-21(25-18)19(26-22(27)29-23(2,3)4)12-15-7-6-8-16(11-15)14-24/h6-11,13,19H,5,12H2,1-4H3,(H,26,27). The third-order valence-corrected chi connectivity index (χ3v) is 5.30. The monoisotopic (exact) mass is 423 g/mol. The third-order valence-electron chi connectivity index (χ3n) is 4.17. The highest BCUT2D eigenvalue weighted by Crippen LogP contribution is 2.31. The van der Waals surface area contributed by atoms with Crippen LogP contribution >= 0.6 is 11.3 Å². The molecule has 1 atom stereocenters. The van der Waals surface area contributed by atoms with Gasteiger partial charge in [-0.1, -0.05) is 12.1 Å². The highest BCUT2D eigenvalue weighted by atomic mass is 32.1. The number of hydrogen-bond acceptors (Lipinski definition) is 6. The maximum atomic E-state index is 12.5. The molecule has 1 amide bonds. The van der Waals surface area contributed by atoms with E-state index in [-0.39, 0.29) is 6.04 Å². The van der Waals surface area contributed by atoms with Gasteiger partial charge in [0.05, 0.1) is 34.5 Å². The molecular formula is C23H25N3O3S. The van der Waals surface area contributed by atoms with Crippen molar-refractivity contribution < 1.29 is 14.3 Å². The molecule has 1 N–H and O–H groups in total. The lowest BCUT2D eigenvalue weighted by atomic mass is 10.0. The topological polar surface area (TPSA) is 84.2 Å². The van der Waals surface area contributed by atoms with Gasteiger partial charge in [0, 0.05) is 0 Å². The van der Waals surface area contributed by atoms with Gasteiger partial charge in [0.15, 0.2) is 0 Å².